The van der Waals surface area contributed by atoms with Crippen LogP contribution in [-0.2, 0) is 12.6 Å². The first-order valence-corrected chi connectivity index (χ1v) is 9.08. The van der Waals surface area contributed by atoms with E-state index < -0.39 is 0 Å². The molecule has 7 nitrogen and oxygen atoms in total. The topological polar surface area (TPSA) is 73.5 Å². The number of hydrogen-bond donors (Lipinski definition) is 1. The van der Waals surface area contributed by atoms with Gasteiger partial charge in [0.25, 0.3) is 0 Å². The second-order valence-corrected chi connectivity index (χ2v) is 7.74. The van der Waals surface area contributed by atoms with Crippen molar-refractivity contribution in [3.63, 3.8) is 0 Å². The van der Waals surface area contributed by atoms with Gasteiger partial charge in [0.1, 0.15) is 5.54 Å². The third kappa shape index (κ3) is 3.07. The van der Waals surface area contributed by atoms with Gasteiger partial charge in [-0.2, -0.15) is 10.2 Å². The van der Waals surface area contributed by atoms with Gasteiger partial charge in [-0.25, -0.2) is 9.97 Å². The molecule has 1 aliphatic carbocycles. The number of aromatic nitrogens is 6. The Morgan fingerprint density at radius 2 is 2.04 bits per heavy atom. The normalized spacial score (nSPS) is 14.7. The number of aryl methyl sites for hydroxylation is 2. The van der Waals surface area contributed by atoms with Crippen molar-refractivity contribution in [1.29, 1.82) is 0 Å². The summed E-state index contributed by atoms with van der Waals surface area (Å²) in [5.41, 5.74) is 3.26. The first-order valence-electron chi connectivity index (χ1n) is 8.71. The number of nitrogens with zero attached hydrogens (tertiary/aromatic N) is 6. The molecule has 26 heavy (non-hydrogen) atoms. The molecular weight excluding hydrogens is 350 g/mol. The zero-order valence-corrected chi connectivity index (χ0v) is 16.1. The molecule has 1 fully saturated rings. The largest absolute Gasteiger partial charge is 0.321 e. The van der Waals surface area contributed by atoms with Crippen molar-refractivity contribution in [2.24, 2.45) is 7.05 Å². The molecule has 0 radical (unpaired) electrons. The summed E-state index contributed by atoms with van der Waals surface area (Å²) >= 11 is 6.22. The van der Waals surface area contributed by atoms with Crippen LogP contribution >= 0.6 is 11.6 Å². The van der Waals surface area contributed by atoms with Gasteiger partial charge in [-0.1, -0.05) is 11.6 Å². The van der Waals surface area contributed by atoms with Gasteiger partial charge in [0.2, 0.25) is 5.95 Å². The Kier molecular flexibility index (Phi) is 3.99. The molecule has 0 spiro atoms. The van der Waals surface area contributed by atoms with E-state index in [9.17, 15) is 0 Å². The standard InChI is InChI=1S/C18H22ClN7/c1-11-14(21-17-20-9-13(19)16(22-17)12-5-6-12)10-26(23-11)18(2,3)15-7-8-25(4)24-15/h7-10,12H,5-6H2,1-4H3,(H,20,21,22). The number of nitrogens with one attached hydrogen (secondary N) is 1. The van der Waals surface area contributed by atoms with Crippen LogP contribution in [0.4, 0.5) is 11.6 Å². The maximum Gasteiger partial charge on any atom is 0.227 e. The molecule has 8 heteroatoms. The predicted molar refractivity (Wildman–Crippen MR) is 101 cm³/mol. The lowest BCUT2D eigenvalue weighted by molar-refractivity contribution is 0.375. The SMILES string of the molecule is Cc1nn(C(C)(C)c2ccn(C)n2)cc1Nc1ncc(Cl)c(C2CC2)n1. The fourth-order valence-corrected chi connectivity index (χ4v) is 3.18. The molecule has 136 valence electrons. The van der Waals surface area contributed by atoms with Crippen LogP contribution in [0.5, 0.6) is 0 Å². The molecule has 1 saturated carbocycles. The summed E-state index contributed by atoms with van der Waals surface area (Å²) in [5, 5.41) is 13.1. The first-order chi connectivity index (χ1) is 12.3. The molecule has 3 heterocycles. The molecule has 1 aliphatic rings. The second-order valence-electron chi connectivity index (χ2n) is 7.33. The third-order valence-electron chi connectivity index (χ3n) is 4.79. The molecule has 0 saturated heterocycles. The van der Waals surface area contributed by atoms with Crippen molar-refractivity contribution < 1.29 is 0 Å². The summed E-state index contributed by atoms with van der Waals surface area (Å²) in [6, 6.07) is 2.01. The fourth-order valence-electron chi connectivity index (χ4n) is 2.93. The highest BCUT2D eigenvalue weighted by Crippen LogP contribution is 2.42. The van der Waals surface area contributed by atoms with E-state index in [1.165, 1.54) is 0 Å². The summed E-state index contributed by atoms with van der Waals surface area (Å²) in [7, 11) is 1.91. The quantitative estimate of drug-likeness (QED) is 0.738. The predicted octanol–water partition coefficient (Wildman–Crippen LogP) is 3.77. The molecule has 3 aromatic rings. The maximum absolute atomic E-state index is 6.22. The van der Waals surface area contributed by atoms with E-state index in [0.717, 1.165) is 35.6 Å². The molecule has 0 bridgehead atoms. The number of halogens is 1. The van der Waals surface area contributed by atoms with Crippen LogP contribution in [0.1, 0.15) is 49.7 Å². The lowest BCUT2D eigenvalue weighted by Gasteiger charge is -2.23. The Morgan fingerprint density at radius 1 is 1.27 bits per heavy atom. The zero-order valence-electron chi connectivity index (χ0n) is 15.4. The van der Waals surface area contributed by atoms with Crippen molar-refractivity contribution >= 4 is 23.2 Å². The molecule has 0 unspecified atom stereocenters. The molecule has 3 aromatic heterocycles. The maximum atomic E-state index is 6.22. The van der Waals surface area contributed by atoms with Gasteiger partial charge in [-0.05, 0) is 39.7 Å². The van der Waals surface area contributed by atoms with Gasteiger partial charge in [0.05, 0.1) is 34.0 Å². The number of anilines is 2. The Hall–Kier alpha value is -2.41. The van der Waals surface area contributed by atoms with Gasteiger partial charge in [-0.15, -0.1) is 0 Å². The minimum absolute atomic E-state index is 0.369. The van der Waals surface area contributed by atoms with Crippen LogP contribution in [0.2, 0.25) is 5.02 Å². The van der Waals surface area contributed by atoms with Crippen molar-refractivity contribution in [2.45, 2.75) is 45.1 Å². The minimum atomic E-state index is -0.369. The lowest BCUT2D eigenvalue weighted by atomic mass is 10.0. The first kappa shape index (κ1) is 17.0. The van der Waals surface area contributed by atoms with Crippen molar-refractivity contribution in [3.05, 3.63) is 46.8 Å². The van der Waals surface area contributed by atoms with Gasteiger partial charge in [-0.3, -0.25) is 9.36 Å². The van der Waals surface area contributed by atoms with E-state index in [1.807, 2.05) is 37.1 Å². The molecule has 0 aromatic carbocycles. The van der Waals surface area contributed by atoms with Crippen LogP contribution in [0.15, 0.2) is 24.7 Å². The van der Waals surface area contributed by atoms with Crippen molar-refractivity contribution in [1.82, 2.24) is 29.5 Å². The average Bonchev–Trinajstić information content (AvgIpc) is 3.23. The average molecular weight is 372 g/mol. The van der Waals surface area contributed by atoms with E-state index >= 15 is 0 Å². The second kappa shape index (κ2) is 6.09. The highest BCUT2D eigenvalue weighted by Gasteiger charge is 2.29. The third-order valence-corrected chi connectivity index (χ3v) is 5.09. The highest BCUT2D eigenvalue weighted by molar-refractivity contribution is 6.31. The Labute approximate surface area is 157 Å². The summed E-state index contributed by atoms with van der Waals surface area (Å²) in [4.78, 5) is 8.91. The summed E-state index contributed by atoms with van der Waals surface area (Å²) in [5.74, 6) is 1.02. The van der Waals surface area contributed by atoms with Gasteiger partial charge in [0, 0.05) is 25.4 Å². The summed E-state index contributed by atoms with van der Waals surface area (Å²) in [6.07, 6.45) is 7.87. The Balaban J connectivity index is 1.62. The van der Waals surface area contributed by atoms with E-state index in [4.69, 9.17) is 11.6 Å². The molecule has 4 rings (SSSR count). The lowest BCUT2D eigenvalue weighted by Crippen LogP contribution is -2.29. The highest BCUT2D eigenvalue weighted by atomic mass is 35.5. The number of rotatable bonds is 5. The smallest absolute Gasteiger partial charge is 0.227 e. The number of hydrogen-bond acceptors (Lipinski definition) is 5. The van der Waals surface area contributed by atoms with Gasteiger partial charge < -0.3 is 5.32 Å². The summed E-state index contributed by atoms with van der Waals surface area (Å²) < 4.78 is 3.72. The van der Waals surface area contributed by atoms with Crippen LogP contribution in [0.25, 0.3) is 0 Å². The van der Waals surface area contributed by atoms with Gasteiger partial charge >= 0.3 is 0 Å². The van der Waals surface area contributed by atoms with E-state index in [2.05, 4.69) is 39.3 Å². The summed E-state index contributed by atoms with van der Waals surface area (Å²) in [6.45, 7) is 6.15. The zero-order chi connectivity index (χ0) is 18.5. The fraction of sp³-hybridized carbons (Fsp3) is 0.444. The van der Waals surface area contributed by atoms with Crippen molar-refractivity contribution in [3.8, 4) is 0 Å². The molecule has 1 N–H and O–H groups in total. The minimum Gasteiger partial charge on any atom is -0.321 e. The molecular formula is C18H22ClN7. The van der Waals surface area contributed by atoms with E-state index in [0.29, 0.717) is 16.9 Å². The Bertz CT molecular complexity index is 952. The van der Waals surface area contributed by atoms with E-state index in [-0.39, 0.29) is 5.54 Å². The molecule has 0 atom stereocenters. The van der Waals surface area contributed by atoms with Crippen LogP contribution in [-0.4, -0.2) is 29.5 Å². The van der Waals surface area contributed by atoms with Gasteiger partial charge in [0.15, 0.2) is 0 Å². The van der Waals surface area contributed by atoms with Crippen molar-refractivity contribution in [2.75, 3.05) is 5.32 Å². The van der Waals surface area contributed by atoms with E-state index in [1.54, 1.807) is 10.9 Å². The molecule has 0 aliphatic heterocycles. The van der Waals surface area contributed by atoms with Crippen LogP contribution in [0.3, 0.4) is 0 Å². The molecule has 0 amide bonds. The Morgan fingerprint density at radius 3 is 2.69 bits per heavy atom. The van der Waals surface area contributed by atoms with Crippen LogP contribution in [0, 0.1) is 6.92 Å². The monoisotopic (exact) mass is 371 g/mol. The van der Waals surface area contributed by atoms with Crippen LogP contribution < -0.4 is 5.32 Å².